The fraction of sp³-hybridized carbons (Fsp3) is 0.375. The minimum Gasteiger partial charge on any atom is -0.496 e. The number of nitrogens with one attached hydrogen (secondary N) is 1. The van der Waals surface area contributed by atoms with Gasteiger partial charge in [-0.15, -0.1) is 0 Å². The van der Waals surface area contributed by atoms with Crippen molar-refractivity contribution in [1.82, 2.24) is 14.9 Å². The number of nitrogens with zero attached hydrogens (tertiary/aromatic N) is 2. The molecule has 0 spiro atoms. The monoisotopic (exact) mass is 371 g/mol. The first-order valence-corrected chi connectivity index (χ1v) is 7.89. The van der Waals surface area contributed by atoms with Crippen LogP contribution in [0.15, 0.2) is 36.9 Å². The smallest absolute Gasteiger partial charge is 0.353 e. The van der Waals surface area contributed by atoms with Gasteiger partial charge in [-0.1, -0.05) is 11.6 Å². The summed E-state index contributed by atoms with van der Waals surface area (Å²) in [7, 11) is 1.25. The number of carbonyl (C=O) groups is 1. The Balaban J connectivity index is 1.81. The number of benzene rings is 1. The van der Waals surface area contributed by atoms with E-state index in [2.05, 4.69) is 10.3 Å². The number of amides is 1. The number of rotatable bonds is 5. The predicted molar refractivity (Wildman–Crippen MR) is 85.9 cm³/mol. The SMILES string of the molecule is COc1ccc(Cl)cc1C(F)(F)C(=O)N[C@@H]1COC[C@@H]1n1ccnc1. The molecule has 2 atom stereocenters. The first-order chi connectivity index (χ1) is 11.9. The van der Waals surface area contributed by atoms with Crippen molar-refractivity contribution in [2.45, 2.75) is 18.0 Å². The second-order valence-electron chi connectivity index (χ2n) is 5.61. The number of aromatic nitrogens is 2. The maximum absolute atomic E-state index is 14.7. The van der Waals surface area contributed by atoms with Crippen LogP contribution in [0.25, 0.3) is 0 Å². The van der Waals surface area contributed by atoms with E-state index in [4.69, 9.17) is 21.1 Å². The molecule has 9 heteroatoms. The average molecular weight is 372 g/mol. The molecule has 0 unspecified atom stereocenters. The van der Waals surface area contributed by atoms with Gasteiger partial charge >= 0.3 is 5.92 Å². The number of hydrogen-bond donors (Lipinski definition) is 1. The quantitative estimate of drug-likeness (QED) is 0.876. The zero-order valence-corrected chi connectivity index (χ0v) is 14.0. The van der Waals surface area contributed by atoms with E-state index >= 15 is 0 Å². The summed E-state index contributed by atoms with van der Waals surface area (Å²) in [5, 5.41) is 2.45. The molecule has 1 aliphatic rings. The molecule has 1 aromatic carbocycles. The maximum atomic E-state index is 14.7. The van der Waals surface area contributed by atoms with Crippen LogP contribution < -0.4 is 10.1 Å². The van der Waals surface area contributed by atoms with Crippen molar-refractivity contribution in [2.24, 2.45) is 0 Å². The lowest BCUT2D eigenvalue weighted by molar-refractivity contribution is -0.148. The van der Waals surface area contributed by atoms with Crippen LogP contribution in [0.5, 0.6) is 5.75 Å². The zero-order valence-electron chi connectivity index (χ0n) is 13.3. The largest absolute Gasteiger partial charge is 0.496 e. The van der Waals surface area contributed by atoms with E-state index < -0.39 is 23.4 Å². The molecule has 25 heavy (non-hydrogen) atoms. The molecule has 6 nitrogen and oxygen atoms in total. The summed E-state index contributed by atoms with van der Waals surface area (Å²) in [5.41, 5.74) is -0.585. The normalized spacial score (nSPS) is 20.5. The van der Waals surface area contributed by atoms with E-state index in [0.29, 0.717) is 6.61 Å². The molecule has 0 radical (unpaired) electrons. The molecular weight excluding hydrogens is 356 g/mol. The highest BCUT2D eigenvalue weighted by molar-refractivity contribution is 6.30. The number of halogens is 3. The van der Waals surface area contributed by atoms with Crippen molar-refractivity contribution in [3.05, 3.63) is 47.5 Å². The van der Waals surface area contributed by atoms with E-state index in [1.165, 1.54) is 19.2 Å². The van der Waals surface area contributed by atoms with Crippen LogP contribution in [0.3, 0.4) is 0 Å². The predicted octanol–water partition coefficient (Wildman–Crippen LogP) is 2.39. The summed E-state index contributed by atoms with van der Waals surface area (Å²) in [5.74, 6) is -5.36. The maximum Gasteiger partial charge on any atom is 0.353 e. The molecule has 1 amide bonds. The molecule has 3 rings (SSSR count). The Morgan fingerprint density at radius 3 is 2.96 bits per heavy atom. The fourth-order valence-electron chi connectivity index (χ4n) is 2.75. The lowest BCUT2D eigenvalue weighted by atomic mass is 10.1. The molecule has 1 aromatic heterocycles. The highest BCUT2D eigenvalue weighted by atomic mass is 35.5. The Morgan fingerprint density at radius 1 is 1.48 bits per heavy atom. The number of imidazole rings is 1. The first kappa shape index (κ1) is 17.6. The standard InChI is InChI=1S/C16H16ClF2N3O3/c1-24-14-3-2-10(17)6-11(14)16(18,19)15(23)21-12-7-25-8-13(12)22-5-4-20-9-22/h2-6,9,12-13H,7-8H2,1H3,(H,21,23)/t12-,13+/m1/s1. The third-order valence-corrected chi connectivity index (χ3v) is 4.29. The highest BCUT2D eigenvalue weighted by Crippen LogP contribution is 2.37. The second kappa shape index (κ2) is 6.97. The van der Waals surface area contributed by atoms with Gasteiger partial charge in [-0.25, -0.2) is 4.98 Å². The molecule has 134 valence electrons. The molecule has 0 bridgehead atoms. The number of ether oxygens (including phenoxy) is 2. The first-order valence-electron chi connectivity index (χ1n) is 7.51. The van der Waals surface area contributed by atoms with Crippen LogP contribution in [-0.4, -0.2) is 41.8 Å². The number of methoxy groups -OCH3 is 1. The lowest BCUT2D eigenvalue weighted by Gasteiger charge is -2.24. The molecule has 1 N–H and O–H groups in total. The minimum atomic E-state index is -3.81. The second-order valence-corrected chi connectivity index (χ2v) is 6.05. The lowest BCUT2D eigenvalue weighted by Crippen LogP contribution is -2.47. The summed E-state index contributed by atoms with van der Waals surface area (Å²) in [6, 6.07) is 2.84. The number of alkyl halides is 2. The van der Waals surface area contributed by atoms with Gasteiger partial charge in [-0.3, -0.25) is 4.79 Å². The molecule has 2 heterocycles. The van der Waals surface area contributed by atoms with Gasteiger partial charge in [0.2, 0.25) is 0 Å². The molecule has 0 aliphatic carbocycles. The van der Waals surface area contributed by atoms with Gasteiger partial charge < -0.3 is 19.4 Å². The van der Waals surface area contributed by atoms with Crippen LogP contribution in [0.4, 0.5) is 8.78 Å². The van der Waals surface area contributed by atoms with Gasteiger partial charge in [-0.2, -0.15) is 8.78 Å². The molecular formula is C16H16ClF2N3O3. The van der Waals surface area contributed by atoms with Crippen LogP contribution >= 0.6 is 11.6 Å². The Labute approximate surface area is 147 Å². The Hall–Kier alpha value is -2.19. The third-order valence-electron chi connectivity index (χ3n) is 4.06. The number of carbonyl (C=O) groups excluding carboxylic acids is 1. The Kier molecular flexibility index (Phi) is 4.91. The van der Waals surface area contributed by atoms with Crippen molar-refractivity contribution < 1.29 is 23.0 Å². The zero-order chi connectivity index (χ0) is 18.0. The summed E-state index contributed by atoms with van der Waals surface area (Å²) in [6.07, 6.45) is 4.82. The van der Waals surface area contributed by atoms with Crippen LogP contribution in [0.2, 0.25) is 5.02 Å². The van der Waals surface area contributed by atoms with Gasteiger partial charge in [0.05, 0.1) is 44.3 Å². The van der Waals surface area contributed by atoms with E-state index in [-0.39, 0.29) is 23.4 Å². The van der Waals surface area contributed by atoms with Crippen molar-refractivity contribution in [3.63, 3.8) is 0 Å². The minimum absolute atomic E-state index is 0.0868. The van der Waals surface area contributed by atoms with Gasteiger partial charge in [0.25, 0.3) is 5.91 Å². The van der Waals surface area contributed by atoms with Gasteiger partial charge in [0, 0.05) is 17.4 Å². The van der Waals surface area contributed by atoms with Crippen LogP contribution in [0, 0.1) is 0 Å². The van der Waals surface area contributed by atoms with Gasteiger partial charge in [-0.05, 0) is 18.2 Å². The fourth-order valence-corrected chi connectivity index (χ4v) is 2.92. The molecule has 2 aromatic rings. The highest BCUT2D eigenvalue weighted by Gasteiger charge is 2.45. The van der Waals surface area contributed by atoms with Crippen molar-refractivity contribution in [2.75, 3.05) is 20.3 Å². The molecule has 1 aliphatic heterocycles. The van der Waals surface area contributed by atoms with Crippen LogP contribution in [0.1, 0.15) is 11.6 Å². The Morgan fingerprint density at radius 2 is 2.28 bits per heavy atom. The van der Waals surface area contributed by atoms with E-state index in [1.807, 2.05) is 0 Å². The van der Waals surface area contributed by atoms with Crippen LogP contribution in [-0.2, 0) is 15.5 Å². The summed E-state index contributed by atoms with van der Waals surface area (Å²) in [6.45, 7) is 0.435. The molecule has 0 saturated carbocycles. The van der Waals surface area contributed by atoms with Crippen molar-refractivity contribution in [3.8, 4) is 5.75 Å². The molecule has 1 fully saturated rings. The number of hydrogen-bond acceptors (Lipinski definition) is 4. The van der Waals surface area contributed by atoms with Gasteiger partial charge in [0.1, 0.15) is 5.75 Å². The Bertz CT molecular complexity index is 755. The van der Waals surface area contributed by atoms with Gasteiger partial charge in [0.15, 0.2) is 0 Å². The third kappa shape index (κ3) is 3.45. The average Bonchev–Trinajstić information content (AvgIpc) is 3.25. The summed E-state index contributed by atoms with van der Waals surface area (Å²) in [4.78, 5) is 16.2. The van der Waals surface area contributed by atoms with E-state index in [9.17, 15) is 13.6 Å². The van der Waals surface area contributed by atoms with E-state index in [1.54, 1.807) is 23.3 Å². The summed E-state index contributed by atoms with van der Waals surface area (Å²) >= 11 is 5.79. The topological polar surface area (TPSA) is 65.4 Å². The van der Waals surface area contributed by atoms with E-state index in [0.717, 1.165) is 6.07 Å². The van der Waals surface area contributed by atoms with Crippen molar-refractivity contribution in [1.29, 1.82) is 0 Å². The van der Waals surface area contributed by atoms with Crippen molar-refractivity contribution >= 4 is 17.5 Å². The molecule has 1 saturated heterocycles. The summed E-state index contributed by atoms with van der Waals surface area (Å²) < 4.78 is 41.4.